The molecule has 2 nitrogen and oxygen atoms in total. The maximum absolute atomic E-state index is 13.0. The molecule has 0 rings (SSSR count). The van der Waals surface area contributed by atoms with Crippen molar-refractivity contribution in [2.75, 3.05) is 0 Å². The van der Waals surface area contributed by atoms with E-state index in [1.807, 2.05) is 0 Å². The van der Waals surface area contributed by atoms with Crippen molar-refractivity contribution in [3.63, 3.8) is 0 Å². The van der Waals surface area contributed by atoms with E-state index in [4.69, 9.17) is 0 Å². The van der Waals surface area contributed by atoms with Crippen molar-refractivity contribution in [2.24, 2.45) is 0 Å². The van der Waals surface area contributed by atoms with Crippen molar-refractivity contribution < 1.29 is 107 Å². The molecule has 0 saturated carbocycles. The summed E-state index contributed by atoms with van der Waals surface area (Å²) in [6.45, 7) is 0. The Morgan fingerprint density at radius 2 is 0.655 bits per heavy atom. The van der Waals surface area contributed by atoms with Gasteiger partial charge in [-0.25, -0.2) is 0 Å². The van der Waals surface area contributed by atoms with Gasteiger partial charge in [-0.1, -0.05) is 0 Å². The van der Waals surface area contributed by atoms with Crippen LogP contribution in [0.2, 0.25) is 0 Å². The summed E-state index contributed by atoms with van der Waals surface area (Å²) in [5.74, 6) is -63.5. The average molecular weight is 571 g/mol. The summed E-state index contributed by atoms with van der Waals surface area (Å²) in [7, 11) is 0. The molecule has 0 unspecified atom stereocenters. The predicted molar refractivity (Wildman–Crippen MR) is 45.7 cm³/mol. The van der Waals surface area contributed by atoms with Crippen LogP contribution >= 0.6 is 0 Å². The number of aliphatic carboxylic acids is 1. The molecule has 29 heavy (non-hydrogen) atoms. The Kier molecular flexibility index (Phi) is 7.62. The van der Waals surface area contributed by atoms with Gasteiger partial charge in [0.05, 0.1) is 0 Å². The molecule has 0 amide bonds. The second kappa shape index (κ2) is 7.31. The number of carbonyl (C=O) groups excluding carboxylic acids is 1. The molecular formula is C9AgF17O2. The van der Waals surface area contributed by atoms with Crippen LogP contribution in [0.1, 0.15) is 0 Å². The van der Waals surface area contributed by atoms with E-state index in [-0.39, 0.29) is 22.4 Å². The molecule has 178 valence electrons. The molecule has 0 aromatic heterocycles. The van der Waals surface area contributed by atoms with Gasteiger partial charge in [0, 0.05) is 0 Å². The van der Waals surface area contributed by atoms with E-state index in [9.17, 15) is 84.5 Å². The molecule has 20 heteroatoms. The molecule has 0 spiro atoms. The number of halogens is 17. The Bertz CT molecular complexity index is 621. The van der Waals surface area contributed by atoms with Crippen LogP contribution in [-0.2, 0) is 27.2 Å². The third-order valence-corrected chi connectivity index (χ3v) is 2.98. The smallest absolute Gasteiger partial charge is 0.544 e. The number of carboxylic acid groups (broad SMARTS) is 1. The molecule has 0 heterocycles. The Labute approximate surface area is 161 Å². The molecular weight excluding hydrogens is 571 g/mol. The Balaban J connectivity index is 0. The summed E-state index contributed by atoms with van der Waals surface area (Å²) < 4.78 is 214. The van der Waals surface area contributed by atoms with Gasteiger partial charge in [0.15, 0.2) is 0 Å². The number of carboxylic acids is 1. The largest absolute Gasteiger partial charge is 1.00 e. The first-order chi connectivity index (χ1) is 11.7. The van der Waals surface area contributed by atoms with Crippen molar-refractivity contribution in [1.29, 1.82) is 0 Å². The summed E-state index contributed by atoms with van der Waals surface area (Å²) in [4.78, 5) is 9.65. The minimum Gasteiger partial charge on any atom is -0.544 e. The zero-order chi connectivity index (χ0) is 23.6. The second-order valence-electron chi connectivity index (χ2n) is 4.81. The van der Waals surface area contributed by atoms with Crippen LogP contribution in [0, 0.1) is 0 Å². The molecule has 0 radical (unpaired) electrons. The zero-order valence-electron chi connectivity index (χ0n) is 12.0. The molecule has 0 saturated heterocycles. The van der Waals surface area contributed by atoms with Crippen molar-refractivity contribution in [3.05, 3.63) is 0 Å². The Hall–Kier alpha value is -0.980. The van der Waals surface area contributed by atoms with E-state index in [2.05, 4.69) is 0 Å². The van der Waals surface area contributed by atoms with E-state index in [1.54, 1.807) is 0 Å². The fourth-order valence-corrected chi connectivity index (χ4v) is 1.29. The fourth-order valence-electron chi connectivity index (χ4n) is 1.29. The van der Waals surface area contributed by atoms with Gasteiger partial charge in [-0.2, -0.15) is 74.6 Å². The predicted octanol–water partition coefficient (Wildman–Crippen LogP) is 3.74. The maximum Gasteiger partial charge on any atom is 1.00 e. The quantitative estimate of drug-likeness (QED) is 0.346. The van der Waals surface area contributed by atoms with E-state index >= 15 is 0 Å². The van der Waals surface area contributed by atoms with Gasteiger partial charge in [-0.3, -0.25) is 0 Å². The molecule has 0 aromatic rings. The zero-order valence-corrected chi connectivity index (χ0v) is 13.5. The first kappa shape index (κ1) is 30.2. The summed E-state index contributed by atoms with van der Waals surface area (Å²) in [5.41, 5.74) is 0. The van der Waals surface area contributed by atoms with Gasteiger partial charge in [-0.05, 0) is 0 Å². The number of alkyl halides is 17. The third-order valence-electron chi connectivity index (χ3n) is 2.98. The minimum absolute atomic E-state index is 0. The number of rotatable bonds is 7. The van der Waals surface area contributed by atoms with Gasteiger partial charge in [-0.15, -0.1) is 0 Å². The molecule has 0 aliphatic carbocycles. The van der Waals surface area contributed by atoms with Crippen LogP contribution in [0.3, 0.4) is 0 Å². The van der Waals surface area contributed by atoms with Gasteiger partial charge < -0.3 is 9.90 Å². The van der Waals surface area contributed by atoms with Gasteiger partial charge >= 0.3 is 70.0 Å². The van der Waals surface area contributed by atoms with Crippen molar-refractivity contribution in [3.8, 4) is 0 Å². The molecule has 0 aromatic carbocycles. The molecule has 0 fully saturated rings. The minimum atomic E-state index is -8.79. The van der Waals surface area contributed by atoms with Crippen molar-refractivity contribution in [2.45, 2.75) is 47.6 Å². The first-order valence-corrected chi connectivity index (χ1v) is 5.62. The normalized spacial score (nSPS) is 15.8. The van der Waals surface area contributed by atoms with Crippen LogP contribution < -0.4 is 5.11 Å². The van der Waals surface area contributed by atoms with Crippen molar-refractivity contribution in [1.82, 2.24) is 0 Å². The second-order valence-corrected chi connectivity index (χ2v) is 4.81. The molecule has 0 aliphatic rings. The first-order valence-electron chi connectivity index (χ1n) is 5.62. The maximum atomic E-state index is 13.0. The molecule has 0 aliphatic heterocycles. The number of hydrogen-bond donors (Lipinski definition) is 0. The standard InChI is InChI=1S/C9HF17O2.Ag/c10-2(11,1(27)28)3(12,13)4(14,15)5(16,17)6(18,19)7(20,21)8(22,23)9(24,25)26;/h(H,27,28);/q;+1/p-1. The molecule has 0 N–H and O–H groups in total. The Morgan fingerprint density at radius 3 is 0.862 bits per heavy atom. The Morgan fingerprint density at radius 1 is 0.448 bits per heavy atom. The van der Waals surface area contributed by atoms with E-state index < -0.39 is 53.6 Å². The molecule has 0 atom stereocenters. The van der Waals surface area contributed by atoms with Gasteiger partial charge in [0.1, 0.15) is 5.97 Å². The number of carbonyl (C=O) groups is 1. The third kappa shape index (κ3) is 3.66. The van der Waals surface area contributed by atoms with Crippen molar-refractivity contribution >= 4 is 5.97 Å². The van der Waals surface area contributed by atoms with Gasteiger partial charge in [0.25, 0.3) is 0 Å². The van der Waals surface area contributed by atoms with Crippen LogP contribution in [0.4, 0.5) is 74.6 Å². The van der Waals surface area contributed by atoms with Crippen LogP contribution in [0.25, 0.3) is 0 Å². The van der Waals surface area contributed by atoms with E-state index in [0.717, 1.165) is 0 Å². The van der Waals surface area contributed by atoms with E-state index in [1.165, 1.54) is 0 Å². The average Bonchev–Trinajstić information content (AvgIpc) is 2.44. The summed E-state index contributed by atoms with van der Waals surface area (Å²) in [5, 5.41) is 9.65. The SMILES string of the molecule is O=C([O-])C(F)(F)C(F)(F)C(F)(F)C(F)(F)C(F)(F)C(F)(F)C(F)(F)C(F)(F)F.[Ag+]. The van der Waals surface area contributed by atoms with Gasteiger partial charge in [0.2, 0.25) is 0 Å². The van der Waals surface area contributed by atoms with Crippen LogP contribution in [-0.4, -0.2) is 53.6 Å². The topological polar surface area (TPSA) is 40.1 Å². The summed E-state index contributed by atoms with van der Waals surface area (Å²) in [6, 6.07) is 0. The summed E-state index contributed by atoms with van der Waals surface area (Å²) in [6.07, 6.45) is -7.84. The number of hydrogen-bond acceptors (Lipinski definition) is 2. The molecule has 0 bridgehead atoms. The van der Waals surface area contributed by atoms with Crippen LogP contribution in [0.5, 0.6) is 0 Å². The van der Waals surface area contributed by atoms with E-state index in [0.29, 0.717) is 0 Å². The van der Waals surface area contributed by atoms with Crippen LogP contribution in [0.15, 0.2) is 0 Å². The fraction of sp³-hybridized carbons (Fsp3) is 0.889. The monoisotopic (exact) mass is 570 g/mol. The summed E-state index contributed by atoms with van der Waals surface area (Å²) >= 11 is 0.